The average molecular weight is 495 g/mol. The largest absolute Gasteiger partial charge is 0.337 e. The molecule has 3 aromatic rings. The first kappa shape index (κ1) is 23.5. The Bertz CT molecular complexity index is 1230. The molecule has 11 heteroatoms. The van der Waals surface area contributed by atoms with E-state index in [2.05, 4.69) is 4.98 Å². The maximum Gasteiger partial charge on any atom is 0.262 e. The van der Waals surface area contributed by atoms with E-state index in [9.17, 15) is 22.0 Å². The van der Waals surface area contributed by atoms with Crippen molar-refractivity contribution in [2.45, 2.75) is 31.3 Å². The first-order chi connectivity index (χ1) is 15.7. The van der Waals surface area contributed by atoms with Gasteiger partial charge in [0.1, 0.15) is 17.5 Å². The Morgan fingerprint density at radius 3 is 2.55 bits per heavy atom. The number of carbonyl (C=O) groups excluding carboxylic acids is 1. The predicted octanol–water partition coefficient (Wildman–Crippen LogP) is 3.70. The third-order valence-corrected chi connectivity index (χ3v) is 8.49. The molecule has 0 N–H and O–H groups in total. The van der Waals surface area contributed by atoms with Crippen molar-refractivity contribution in [2.24, 2.45) is 13.0 Å². The van der Waals surface area contributed by atoms with Crippen LogP contribution < -0.4 is 4.90 Å². The van der Waals surface area contributed by atoms with Crippen LogP contribution in [0.3, 0.4) is 0 Å². The molecule has 2 aromatic heterocycles. The van der Waals surface area contributed by atoms with E-state index in [4.69, 9.17) is 0 Å². The van der Waals surface area contributed by atoms with Crippen molar-refractivity contribution in [3.63, 3.8) is 0 Å². The highest BCUT2D eigenvalue weighted by Crippen LogP contribution is 2.30. The van der Waals surface area contributed by atoms with Crippen LogP contribution in [0.4, 0.5) is 14.5 Å². The van der Waals surface area contributed by atoms with Gasteiger partial charge in [0.2, 0.25) is 5.91 Å². The standard InChI is InChI=1S/C22H24F2N4O3S2/c1-15-25-21(14-26(15)2)33(30,31)27-9-7-16(8-10-27)22(29)28(13-18-4-3-11-32-18)20-6-5-17(23)12-19(20)24/h3-6,11-12,14,16H,7-10,13H2,1-2H3. The molecule has 0 bridgehead atoms. The molecule has 1 aliphatic rings. The van der Waals surface area contributed by atoms with Crippen LogP contribution in [0.2, 0.25) is 0 Å². The van der Waals surface area contributed by atoms with Crippen LogP contribution in [-0.4, -0.2) is 41.3 Å². The molecule has 1 amide bonds. The molecule has 33 heavy (non-hydrogen) atoms. The van der Waals surface area contributed by atoms with Gasteiger partial charge in [-0.2, -0.15) is 4.31 Å². The summed E-state index contributed by atoms with van der Waals surface area (Å²) in [4.78, 5) is 19.7. The number of aryl methyl sites for hydroxylation is 2. The number of hydrogen-bond acceptors (Lipinski definition) is 5. The quantitative estimate of drug-likeness (QED) is 0.524. The topological polar surface area (TPSA) is 75.5 Å². The molecule has 7 nitrogen and oxygen atoms in total. The summed E-state index contributed by atoms with van der Waals surface area (Å²) in [6, 6.07) is 6.83. The fourth-order valence-electron chi connectivity index (χ4n) is 3.89. The van der Waals surface area contributed by atoms with E-state index in [0.717, 1.165) is 17.0 Å². The zero-order valence-electron chi connectivity index (χ0n) is 18.2. The summed E-state index contributed by atoms with van der Waals surface area (Å²) in [5, 5.41) is 1.85. The average Bonchev–Trinajstić information content (AvgIpc) is 3.42. The van der Waals surface area contributed by atoms with Gasteiger partial charge in [0.15, 0.2) is 5.03 Å². The smallest absolute Gasteiger partial charge is 0.262 e. The second-order valence-electron chi connectivity index (χ2n) is 8.02. The van der Waals surface area contributed by atoms with E-state index in [0.29, 0.717) is 18.7 Å². The number of imidazole rings is 1. The highest BCUT2D eigenvalue weighted by Gasteiger charge is 2.36. The lowest BCUT2D eigenvalue weighted by Gasteiger charge is -2.33. The lowest BCUT2D eigenvalue weighted by atomic mass is 9.96. The number of amides is 1. The molecule has 0 spiro atoms. The first-order valence-corrected chi connectivity index (χ1v) is 12.8. The van der Waals surface area contributed by atoms with E-state index in [1.54, 1.807) is 18.5 Å². The van der Waals surface area contributed by atoms with Crippen LogP contribution in [0, 0.1) is 24.5 Å². The Hall–Kier alpha value is -2.63. The monoisotopic (exact) mass is 494 g/mol. The van der Waals surface area contributed by atoms with Crippen LogP contribution in [0.1, 0.15) is 23.5 Å². The first-order valence-electron chi connectivity index (χ1n) is 10.5. The molecule has 0 aliphatic carbocycles. The van der Waals surface area contributed by atoms with Gasteiger partial charge in [-0.3, -0.25) is 4.79 Å². The SMILES string of the molecule is Cc1nc(S(=O)(=O)N2CCC(C(=O)N(Cc3cccs3)c3ccc(F)cc3F)CC2)cn1C. The van der Waals surface area contributed by atoms with Gasteiger partial charge in [-0.15, -0.1) is 11.3 Å². The van der Waals surface area contributed by atoms with Gasteiger partial charge in [-0.25, -0.2) is 22.2 Å². The molecule has 0 radical (unpaired) electrons. The van der Waals surface area contributed by atoms with Crippen LogP contribution in [0.5, 0.6) is 0 Å². The van der Waals surface area contributed by atoms with Crippen molar-refractivity contribution in [1.82, 2.24) is 13.9 Å². The van der Waals surface area contributed by atoms with Crippen LogP contribution in [0.15, 0.2) is 46.9 Å². The Kier molecular flexibility index (Phi) is 6.64. The zero-order chi connectivity index (χ0) is 23.8. The fraction of sp³-hybridized carbons (Fsp3) is 0.364. The Morgan fingerprint density at radius 2 is 1.97 bits per heavy atom. The van der Waals surface area contributed by atoms with E-state index < -0.39 is 27.6 Å². The molecular formula is C22H24F2N4O3S2. The number of hydrogen-bond donors (Lipinski definition) is 0. The van der Waals surface area contributed by atoms with Gasteiger partial charge in [-0.1, -0.05) is 6.07 Å². The lowest BCUT2D eigenvalue weighted by molar-refractivity contribution is -0.123. The minimum Gasteiger partial charge on any atom is -0.337 e. The van der Waals surface area contributed by atoms with Crippen LogP contribution >= 0.6 is 11.3 Å². The zero-order valence-corrected chi connectivity index (χ0v) is 19.9. The number of nitrogens with zero attached hydrogens (tertiary/aromatic N) is 4. The maximum absolute atomic E-state index is 14.6. The second-order valence-corrected chi connectivity index (χ2v) is 10.9. The van der Waals surface area contributed by atoms with Crippen molar-refractivity contribution in [2.75, 3.05) is 18.0 Å². The summed E-state index contributed by atoms with van der Waals surface area (Å²) in [6.45, 7) is 2.20. The highest BCUT2D eigenvalue weighted by atomic mass is 32.2. The number of aromatic nitrogens is 2. The molecule has 1 aromatic carbocycles. The molecule has 1 fully saturated rings. The number of piperidine rings is 1. The molecule has 176 valence electrons. The summed E-state index contributed by atoms with van der Waals surface area (Å²) in [6.07, 6.45) is 2.07. The third-order valence-electron chi connectivity index (χ3n) is 5.85. The number of benzene rings is 1. The normalized spacial score (nSPS) is 15.6. The number of carbonyl (C=O) groups is 1. The summed E-state index contributed by atoms with van der Waals surface area (Å²) in [7, 11) is -2.04. The summed E-state index contributed by atoms with van der Waals surface area (Å²) in [5.74, 6) is -1.73. The molecule has 3 heterocycles. The van der Waals surface area contributed by atoms with E-state index >= 15 is 0 Å². The van der Waals surface area contributed by atoms with Crippen molar-refractivity contribution in [3.05, 3.63) is 64.2 Å². The summed E-state index contributed by atoms with van der Waals surface area (Å²) < 4.78 is 56.9. The van der Waals surface area contributed by atoms with Gasteiger partial charge in [0, 0.05) is 43.2 Å². The second kappa shape index (κ2) is 9.32. The van der Waals surface area contributed by atoms with Crippen molar-refractivity contribution < 1.29 is 22.0 Å². The highest BCUT2D eigenvalue weighted by molar-refractivity contribution is 7.89. The molecule has 0 atom stereocenters. The Balaban J connectivity index is 1.52. The minimum absolute atomic E-state index is 0.00816. The molecule has 1 aliphatic heterocycles. The number of rotatable bonds is 6. The predicted molar refractivity (Wildman–Crippen MR) is 121 cm³/mol. The number of anilines is 1. The number of thiophene rings is 1. The minimum atomic E-state index is -3.76. The van der Waals surface area contributed by atoms with Crippen LogP contribution in [-0.2, 0) is 28.4 Å². The van der Waals surface area contributed by atoms with Gasteiger partial charge < -0.3 is 9.47 Å². The van der Waals surface area contributed by atoms with Crippen molar-refractivity contribution >= 4 is 33.0 Å². The molecule has 4 rings (SSSR count). The van der Waals surface area contributed by atoms with Crippen molar-refractivity contribution in [3.8, 4) is 0 Å². The number of sulfonamides is 1. The lowest BCUT2D eigenvalue weighted by Crippen LogP contribution is -2.44. The van der Waals surface area contributed by atoms with Gasteiger partial charge in [-0.05, 0) is 43.3 Å². The van der Waals surface area contributed by atoms with E-state index in [1.165, 1.54) is 32.8 Å². The third kappa shape index (κ3) is 4.85. The van der Waals surface area contributed by atoms with Crippen molar-refractivity contribution in [1.29, 1.82) is 0 Å². The van der Waals surface area contributed by atoms with Gasteiger partial charge in [0.25, 0.3) is 10.0 Å². The van der Waals surface area contributed by atoms with E-state index in [1.807, 2.05) is 17.5 Å². The maximum atomic E-state index is 14.6. The number of halogens is 2. The Morgan fingerprint density at radius 1 is 1.24 bits per heavy atom. The molecule has 0 saturated carbocycles. The van der Waals surface area contributed by atoms with Gasteiger partial charge >= 0.3 is 0 Å². The molecular weight excluding hydrogens is 470 g/mol. The summed E-state index contributed by atoms with van der Waals surface area (Å²) >= 11 is 1.44. The van der Waals surface area contributed by atoms with Crippen LogP contribution in [0.25, 0.3) is 0 Å². The van der Waals surface area contributed by atoms with E-state index in [-0.39, 0.29) is 36.3 Å². The fourth-order valence-corrected chi connectivity index (χ4v) is 6.07. The molecule has 1 saturated heterocycles. The molecule has 0 unspecified atom stereocenters. The summed E-state index contributed by atoms with van der Waals surface area (Å²) in [5.41, 5.74) is 0.00816. The Labute approximate surface area is 195 Å². The van der Waals surface area contributed by atoms with Gasteiger partial charge in [0.05, 0.1) is 12.2 Å².